The second-order valence-corrected chi connectivity index (χ2v) is 17.4. The summed E-state index contributed by atoms with van der Waals surface area (Å²) >= 11 is 0. The van der Waals surface area contributed by atoms with Gasteiger partial charge in [0.2, 0.25) is 12.6 Å². The van der Waals surface area contributed by atoms with Crippen molar-refractivity contribution in [2.75, 3.05) is 26.4 Å². The van der Waals surface area contributed by atoms with E-state index >= 15 is 0 Å². The molecule has 20 nitrogen and oxygen atoms in total. The topological polar surface area (TPSA) is 310 Å². The highest BCUT2D eigenvalue weighted by atomic mass is 16.8. The van der Waals surface area contributed by atoms with Gasteiger partial charge in [0.25, 0.3) is 0 Å². The lowest BCUT2D eigenvalue weighted by atomic mass is 9.85. The van der Waals surface area contributed by atoms with E-state index in [9.17, 15) is 60.7 Å². The quantitative estimate of drug-likeness (QED) is 0.0565. The summed E-state index contributed by atoms with van der Waals surface area (Å²) in [5, 5.41) is 102. The fraction of sp³-hybridized carbons (Fsp3) is 0.762. The minimum Gasteiger partial charge on any atom is -0.471 e. The van der Waals surface area contributed by atoms with Gasteiger partial charge in [-0.2, -0.15) is 0 Å². The molecule has 20 unspecified atom stereocenters. The first kappa shape index (κ1) is 48.4. The molecule has 350 valence electrons. The van der Waals surface area contributed by atoms with Crippen LogP contribution in [0.1, 0.15) is 52.4 Å². The number of esters is 2. The highest BCUT2D eigenvalue weighted by Gasteiger charge is 2.54. The number of hydrogen-bond acceptors (Lipinski definition) is 20. The lowest BCUT2D eigenvalue weighted by molar-refractivity contribution is -0.339. The summed E-state index contributed by atoms with van der Waals surface area (Å²) in [4.78, 5) is 26.5. The van der Waals surface area contributed by atoms with E-state index in [1.807, 2.05) is 13.8 Å². The summed E-state index contributed by atoms with van der Waals surface area (Å²) < 4.78 is 45.3. The number of aliphatic hydroxyl groups is 10. The molecule has 0 spiro atoms. The molecule has 0 aromatic carbocycles. The van der Waals surface area contributed by atoms with Gasteiger partial charge in [0.1, 0.15) is 48.8 Å². The van der Waals surface area contributed by atoms with Crippen molar-refractivity contribution in [3.63, 3.8) is 0 Å². The maximum Gasteiger partial charge on any atom is 0.337 e. The van der Waals surface area contributed by atoms with Crippen LogP contribution in [0.4, 0.5) is 0 Å². The van der Waals surface area contributed by atoms with Crippen molar-refractivity contribution in [2.45, 2.75) is 139 Å². The molecular formula is C42H62O20. The SMILES string of the molecule is C=C1C(O)CC2C(C(=O)OCCC(C)CCCC(C)COC(=O)C3=COC(OC4OC(CO)C(O)C(O)C4O)C4C(=C)C(O)CC34)=COC(OC3OC(CO)C(O)C(O)C3O)C12. The standard InChI is InChI=1S/C42H62O20/c1-17(8-9-55-37(53)23-15-57-39(29-19(3)25(45)10-21(23)29)61-41-35(51)33(49)31(47)27(12-43)59-41)6-5-7-18(2)14-56-38(54)24-16-58-40(30-20(4)26(46)11-22(24)30)62-42-36(52)34(50)32(48)28(13-44)60-42/h15-18,21-22,25-36,39-52H,3-14H2,1-2H3. The van der Waals surface area contributed by atoms with E-state index in [2.05, 4.69) is 13.2 Å². The van der Waals surface area contributed by atoms with E-state index in [0.717, 1.165) is 19.3 Å². The van der Waals surface area contributed by atoms with E-state index in [1.54, 1.807) is 0 Å². The van der Waals surface area contributed by atoms with Gasteiger partial charge in [-0.3, -0.25) is 0 Å². The first-order valence-electron chi connectivity index (χ1n) is 21.2. The molecule has 0 aromatic heterocycles. The third kappa shape index (κ3) is 10.2. The van der Waals surface area contributed by atoms with E-state index in [4.69, 9.17) is 37.9 Å². The predicted octanol–water partition coefficient (Wildman–Crippen LogP) is -1.87. The molecule has 6 rings (SSSR count). The van der Waals surface area contributed by atoms with E-state index in [-0.39, 0.29) is 49.0 Å². The van der Waals surface area contributed by atoms with Gasteiger partial charge in [-0.05, 0) is 48.7 Å². The molecule has 0 amide bonds. The first-order chi connectivity index (χ1) is 29.5. The van der Waals surface area contributed by atoms with Crippen LogP contribution in [0, 0.1) is 35.5 Å². The first-order valence-corrected chi connectivity index (χ1v) is 21.2. The summed E-state index contributed by atoms with van der Waals surface area (Å²) in [7, 11) is 0. The molecule has 6 aliphatic rings. The van der Waals surface area contributed by atoms with Gasteiger partial charge in [0.15, 0.2) is 12.6 Å². The third-order valence-electron chi connectivity index (χ3n) is 13.0. The summed E-state index contributed by atoms with van der Waals surface area (Å²) in [5.74, 6) is -3.75. The molecule has 2 saturated heterocycles. The predicted molar refractivity (Wildman–Crippen MR) is 208 cm³/mol. The van der Waals surface area contributed by atoms with E-state index in [1.165, 1.54) is 12.5 Å². The number of ether oxygens (including phenoxy) is 8. The van der Waals surface area contributed by atoms with Crippen LogP contribution in [0.3, 0.4) is 0 Å². The molecule has 0 radical (unpaired) electrons. The zero-order chi connectivity index (χ0) is 45.2. The third-order valence-corrected chi connectivity index (χ3v) is 13.0. The Bertz CT molecular complexity index is 1650. The van der Waals surface area contributed by atoms with Crippen LogP contribution in [0.25, 0.3) is 0 Å². The molecule has 4 fully saturated rings. The Kier molecular flexibility index (Phi) is 16.3. The van der Waals surface area contributed by atoms with Crippen LogP contribution >= 0.6 is 0 Å². The van der Waals surface area contributed by atoms with Crippen LogP contribution in [0.5, 0.6) is 0 Å². The molecule has 0 aromatic rings. The molecule has 2 aliphatic carbocycles. The van der Waals surface area contributed by atoms with Crippen molar-refractivity contribution < 1.29 is 98.5 Å². The van der Waals surface area contributed by atoms with Crippen LogP contribution in [-0.2, 0) is 47.5 Å². The molecule has 10 N–H and O–H groups in total. The van der Waals surface area contributed by atoms with Crippen molar-refractivity contribution >= 4 is 11.9 Å². The van der Waals surface area contributed by atoms with Crippen molar-refractivity contribution in [3.8, 4) is 0 Å². The normalized spacial score (nSPS) is 41.5. The fourth-order valence-corrected chi connectivity index (χ4v) is 9.07. The lowest BCUT2D eigenvalue weighted by Gasteiger charge is -2.42. The number of carbonyl (C=O) groups is 2. The van der Waals surface area contributed by atoms with Gasteiger partial charge in [0.05, 0.1) is 74.1 Å². The number of rotatable bonds is 17. The molecule has 4 heterocycles. The van der Waals surface area contributed by atoms with Gasteiger partial charge in [-0.15, -0.1) is 0 Å². The van der Waals surface area contributed by atoms with Gasteiger partial charge in [-0.1, -0.05) is 39.8 Å². The summed E-state index contributed by atoms with van der Waals surface area (Å²) in [5.41, 5.74) is 1.03. The summed E-state index contributed by atoms with van der Waals surface area (Å²) in [6.07, 6.45) is -14.0. The smallest absolute Gasteiger partial charge is 0.337 e. The number of hydrogen-bond donors (Lipinski definition) is 10. The van der Waals surface area contributed by atoms with Crippen LogP contribution in [0.2, 0.25) is 0 Å². The summed E-state index contributed by atoms with van der Waals surface area (Å²) in [6.45, 7) is 10.8. The second kappa shape index (κ2) is 20.8. The maximum atomic E-state index is 13.3. The van der Waals surface area contributed by atoms with E-state index < -0.39 is 135 Å². The number of aliphatic hydroxyl groups excluding tert-OH is 10. The van der Waals surface area contributed by atoms with Gasteiger partial charge >= 0.3 is 11.9 Å². The molecule has 2 saturated carbocycles. The number of fused-ring (bicyclic) bond motifs is 2. The van der Waals surface area contributed by atoms with E-state index in [0.29, 0.717) is 17.6 Å². The fourth-order valence-electron chi connectivity index (χ4n) is 9.07. The average molecular weight is 887 g/mol. The Balaban J connectivity index is 0.922. The molecule has 4 aliphatic heterocycles. The largest absolute Gasteiger partial charge is 0.471 e. The Morgan fingerprint density at radius 1 is 0.629 bits per heavy atom. The van der Waals surface area contributed by atoms with Crippen LogP contribution in [0.15, 0.2) is 48.0 Å². The Morgan fingerprint density at radius 3 is 1.52 bits per heavy atom. The Morgan fingerprint density at radius 2 is 1.06 bits per heavy atom. The van der Waals surface area contributed by atoms with Crippen LogP contribution in [-0.4, -0.2) is 176 Å². The molecule has 20 heteroatoms. The van der Waals surface area contributed by atoms with Gasteiger partial charge in [-0.25, -0.2) is 9.59 Å². The molecule has 0 bridgehead atoms. The Labute approximate surface area is 358 Å². The van der Waals surface area contributed by atoms with Gasteiger partial charge < -0.3 is 89.0 Å². The van der Waals surface area contributed by atoms with Gasteiger partial charge in [0, 0.05) is 11.8 Å². The zero-order valence-corrected chi connectivity index (χ0v) is 34.7. The van der Waals surface area contributed by atoms with Crippen LogP contribution < -0.4 is 0 Å². The highest BCUT2D eigenvalue weighted by molar-refractivity contribution is 5.89. The Hall–Kier alpha value is -3.06. The van der Waals surface area contributed by atoms with Crippen molar-refractivity contribution in [1.29, 1.82) is 0 Å². The molecular weight excluding hydrogens is 824 g/mol. The zero-order valence-electron chi connectivity index (χ0n) is 34.7. The molecule has 62 heavy (non-hydrogen) atoms. The molecule has 20 atom stereocenters. The average Bonchev–Trinajstić information content (AvgIpc) is 3.72. The lowest BCUT2D eigenvalue weighted by Crippen LogP contribution is -2.60. The number of carbonyl (C=O) groups excluding carboxylic acids is 2. The monoisotopic (exact) mass is 886 g/mol. The minimum absolute atomic E-state index is 0.00695. The second-order valence-electron chi connectivity index (χ2n) is 17.4. The highest BCUT2D eigenvalue weighted by Crippen LogP contribution is 2.48. The minimum atomic E-state index is -1.68. The summed E-state index contributed by atoms with van der Waals surface area (Å²) in [6, 6.07) is 0. The van der Waals surface area contributed by atoms with Crippen molar-refractivity contribution in [1.82, 2.24) is 0 Å². The maximum absolute atomic E-state index is 13.3. The van der Waals surface area contributed by atoms with Crippen molar-refractivity contribution in [3.05, 3.63) is 48.0 Å². The van der Waals surface area contributed by atoms with Crippen molar-refractivity contribution in [2.24, 2.45) is 35.5 Å².